The highest BCUT2D eigenvalue weighted by molar-refractivity contribution is 8.13. The van der Waals surface area contributed by atoms with E-state index >= 15 is 0 Å². The number of hydrogen-bond donors (Lipinski definition) is 2. The first-order valence-corrected chi connectivity index (χ1v) is 7.48. The zero-order valence-corrected chi connectivity index (χ0v) is 12.5. The summed E-state index contributed by atoms with van der Waals surface area (Å²) in [4.78, 5) is 23.5. The largest absolute Gasteiger partial charge is 0.393 e. The molecule has 0 heterocycles. The molecule has 0 aromatic carbocycles. The van der Waals surface area contributed by atoms with Crippen molar-refractivity contribution in [2.24, 2.45) is 17.8 Å². The van der Waals surface area contributed by atoms with E-state index in [9.17, 15) is 19.8 Å². The standard InChI is InChI=1S/C13H24O4S/c1-6-10(14)7(2)11(15)8(3)12(16)9(4)13(17)18-5/h7-11,14-15H,6H2,1-5H3/t7-,8?,9-,10+,11-/m0/s1. The zero-order valence-electron chi connectivity index (χ0n) is 11.7. The fourth-order valence-electron chi connectivity index (χ4n) is 1.91. The molecule has 106 valence electrons. The van der Waals surface area contributed by atoms with Gasteiger partial charge < -0.3 is 10.2 Å². The molecule has 0 aromatic heterocycles. The fraction of sp³-hybridized carbons (Fsp3) is 0.846. The summed E-state index contributed by atoms with van der Waals surface area (Å²) in [6.07, 6.45) is 0.598. The van der Waals surface area contributed by atoms with Gasteiger partial charge in [-0.15, -0.1) is 0 Å². The second-order valence-corrected chi connectivity index (χ2v) is 5.57. The van der Waals surface area contributed by atoms with Crippen LogP contribution in [0.2, 0.25) is 0 Å². The third kappa shape index (κ3) is 4.37. The Bertz CT molecular complexity index is 293. The van der Waals surface area contributed by atoms with Gasteiger partial charge in [-0.05, 0) is 19.6 Å². The molecule has 0 saturated carbocycles. The van der Waals surface area contributed by atoms with E-state index in [1.54, 1.807) is 27.0 Å². The Morgan fingerprint density at radius 2 is 1.67 bits per heavy atom. The van der Waals surface area contributed by atoms with Gasteiger partial charge in [0.2, 0.25) is 0 Å². The highest BCUT2D eigenvalue weighted by Gasteiger charge is 2.34. The van der Waals surface area contributed by atoms with E-state index in [4.69, 9.17) is 0 Å². The smallest absolute Gasteiger partial charge is 0.198 e. The molecule has 0 fully saturated rings. The second kappa shape index (κ2) is 7.92. The number of aliphatic hydroxyl groups is 2. The lowest BCUT2D eigenvalue weighted by Crippen LogP contribution is -2.39. The molecule has 0 amide bonds. The van der Waals surface area contributed by atoms with E-state index in [1.807, 2.05) is 6.92 Å². The van der Waals surface area contributed by atoms with Gasteiger partial charge >= 0.3 is 0 Å². The van der Waals surface area contributed by atoms with Crippen molar-refractivity contribution in [3.8, 4) is 0 Å². The zero-order chi connectivity index (χ0) is 14.5. The molecule has 0 aromatic rings. The van der Waals surface area contributed by atoms with Crippen molar-refractivity contribution in [2.45, 2.75) is 46.3 Å². The average Bonchev–Trinajstić information content (AvgIpc) is 2.40. The van der Waals surface area contributed by atoms with Crippen LogP contribution in [-0.2, 0) is 9.59 Å². The van der Waals surface area contributed by atoms with Crippen LogP contribution in [0.25, 0.3) is 0 Å². The van der Waals surface area contributed by atoms with Crippen LogP contribution in [0.5, 0.6) is 0 Å². The average molecular weight is 276 g/mol. The Hall–Kier alpha value is -0.390. The van der Waals surface area contributed by atoms with Crippen LogP contribution < -0.4 is 0 Å². The molecule has 5 atom stereocenters. The molecule has 1 unspecified atom stereocenters. The van der Waals surface area contributed by atoms with Gasteiger partial charge in [0.15, 0.2) is 5.12 Å². The van der Waals surface area contributed by atoms with Gasteiger partial charge in [0.05, 0.1) is 18.1 Å². The molecule has 18 heavy (non-hydrogen) atoms. The summed E-state index contributed by atoms with van der Waals surface area (Å²) in [5.74, 6) is -2.01. The topological polar surface area (TPSA) is 74.6 Å². The summed E-state index contributed by atoms with van der Waals surface area (Å²) in [6.45, 7) is 6.70. The Kier molecular flexibility index (Phi) is 7.75. The maximum atomic E-state index is 12.0. The van der Waals surface area contributed by atoms with Gasteiger partial charge in [0.25, 0.3) is 0 Å². The Balaban J connectivity index is 4.68. The number of Topliss-reactive ketones (excluding diaryl/α,β-unsaturated/α-hetero) is 1. The Labute approximate surface area is 113 Å². The lowest BCUT2D eigenvalue weighted by molar-refractivity contribution is -0.135. The van der Waals surface area contributed by atoms with Crippen molar-refractivity contribution < 1.29 is 19.8 Å². The molecule has 0 aliphatic rings. The van der Waals surface area contributed by atoms with Crippen molar-refractivity contribution in [3.63, 3.8) is 0 Å². The SMILES string of the molecule is CC[C@@H](O)[C@H](C)[C@H](O)C(C)C(=O)[C@H](C)C(=O)SC. The van der Waals surface area contributed by atoms with E-state index in [-0.39, 0.29) is 16.8 Å². The van der Waals surface area contributed by atoms with Crippen molar-refractivity contribution in [3.05, 3.63) is 0 Å². The number of carbonyl (C=O) groups is 2. The van der Waals surface area contributed by atoms with Crippen LogP contribution in [0.4, 0.5) is 0 Å². The minimum absolute atomic E-state index is 0.192. The van der Waals surface area contributed by atoms with Crippen LogP contribution in [-0.4, -0.2) is 39.6 Å². The van der Waals surface area contributed by atoms with Gasteiger partial charge in [0.1, 0.15) is 5.78 Å². The van der Waals surface area contributed by atoms with Gasteiger partial charge in [-0.25, -0.2) is 0 Å². The first-order chi connectivity index (χ1) is 8.27. The Morgan fingerprint density at radius 1 is 1.17 bits per heavy atom. The summed E-state index contributed by atoms with van der Waals surface area (Å²) in [5, 5.41) is 19.5. The van der Waals surface area contributed by atoms with Gasteiger partial charge in [-0.2, -0.15) is 0 Å². The van der Waals surface area contributed by atoms with E-state index < -0.39 is 24.0 Å². The van der Waals surface area contributed by atoms with Crippen LogP contribution in [0.1, 0.15) is 34.1 Å². The predicted octanol–water partition coefficient (Wildman–Crippen LogP) is 1.49. The van der Waals surface area contributed by atoms with Gasteiger partial charge in [-0.3, -0.25) is 9.59 Å². The highest BCUT2D eigenvalue weighted by Crippen LogP contribution is 2.23. The first kappa shape index (κ1) is 17.6. The molecule has 5 heteroatoms. The normalized spacial score (nSPS) is 19.7. The molecular formula is C13H24O4S. The molecular weight excluding hydrogens is 252 g/mol. The lowest BCUT2D eigenvalue weighted by atomic mass is 9.83. The van der Waals surface area contributed by atoms with Crippen LogP contribution in [0.15, 0.2) is 0 Å². The third-order valence-corrected chi connectivity index (χ3v) is 4.26. The molecule has 0 radical (unpaired) electrons. The molecule has 0 spiro atoms. The van der Waals surface area contributed by atoms with Crippen LogP contribution in [0.3, 0.4) is 0 Å². The molecule has 0 rings (SSSR count). The van der Waals surface area contributed by atoms with E-state index in [0.29, 0.717) is 6.42 Å². The highest BCUT2D eigenvalue weighted by atomic mass is 32.2. The van der Waals surface area contributed by atoms with Crippen LogP contribution in [0, 0.1) is 17.8 Å². The minimum Gasteiger partial charge on any atom is -0.393 e. The predicted molar refractivity (Wildman–Crippen MR) is 73.3 cm³/mol. The second-order valence-electron chi connectivity index (χ2n) is 4.76. The fourth-order valence-corrected chi connectivity index (χ4v) is 2.38. The number of hydrogen-bond acceptors (Lipinski definition) is 5. The van der Waals surface area contributed by atoms with E-state index in [2.05, 4.69) is 0 Å². The van der Waals surface area contributed by atoms with Crippen LogP contribution >= 0.6 is 11.8 Å². The molecule has 0 saturated heterocycles. The van der Waals surface area contributed by atoms with Crippen molar-refractivity contribution >= 4 is 22.7 Å². The van der Waals surface area contributed by atoms with Crippen molar-refractivity contribution in [1.29, 1.82) is 0 Å². The maximum Gasteiger partial charge on any atom is 0.198 e. The number of carbonyl (C=O) groups excluding carboxylic acids is 2. The summed E-state index contributed by atoms with van der Waals surface area (Å²) in [5.41, 5.74) is 0. The molecule has 0 bridgehead atoms. The summed E-state index contributed by atoms with van der Waals surface area (Å²) in [6, 6.07) is 0. The number of ketones is 1. The maximum absolute atomic E-state index is 12.0. The number of thioether (sulfide) groups is 1. The van der Waals surface area contributed by atoms with Crippen molar-refractivity contribution in [2.75, 3.05) is 6.26 Å². The molecule has 2 N–H and O–H groups in total. The van der Waals surface area contributed by atoms with Gasteiger partial charge in [-0.1, -0.05) is 32.5 Å². The minimum atomic E-state index is -0.926. The van der Waals surface area contributed by atoms with Crippen molar-refractivity contribution in [1.82, 2.24) is 0 Å². The molecule has 0 aliphatic carbocycles. The first-order valence-electron chi connectivity index (χ1n) is 6.25. The van der Waals surface area contributed by atoms with E-state index in [0.717, 1.165) is 11.8 Å². The number of rotatable bonds is 7. The third-order valence-electron chi connectivity index (χ3n) is 3.51. The quantitative estimate of drug-likeness (QED) is 0.689. The number of aliphatic hydroxyl groups excluding tert-OH is 2. The molecule has 4 nitrogen and oxygen atoms in total. The van der Waals surface area contributed by atoms with Gasteiger partial charge in [0, 0.05) is 11.8 Å². The summed E-state index contributed by atoms with van der Waals surface area (Å²) < 4.78 is 0. The summed E-state index contributed by atoms with van der Waals surface area (Å²) in [7, 11) is 0. The monoisotopic (exact) mass is 276 g/mol. The summed E-state index contributed by atoms with van der Waals surface area (Å²) >= 11 is 1.02. The molecule has 0 aliphatic heterocycles. The van der Waals surface area contributed by atoms with E-state index in [1.165, 1.54) is 0 Å². The Morgan fingerprint density at radius 3 is 2.06 bits per heavy atom. The lowest BCUT2D eigenvalue weighted by Gasteiger charge is -2.28.